The molecule has 1 unspecified atom stereocenters. The van der Waals surface area contributed by atoms with E-state index in [0.717, 1.165) is 23.9 Å². The van der Waals surface area contributed by atoms with Crippen molar-refractivity contribution in [2.24, 2.45) is 0 Å². The number of halogens is 4. The molecule has 0 saturated heterocycles. The molecule has 0 spiro atoms. The molecule has 0 aliphatic heterocycles. The van der Waals surface area contributed by atoms with Crippen LogP contribution in [0.3, 0.4) is 0 Å². The quantitative estimate of drug-likeness (QED) is 0.440. The molecule has 90 valence electrons. The summed E-state index contributed by atoms with van der Waals surface area (Å²) in [6, 6.07) is 8.14. The van der Waals surface area contributed by atoms with Gasteiger partial charge in [0.2, 0.25) is 0 Å². The van der Waals surface area contributed by atoms with Crippen LogP contribution in [0.25, 0.3) is 0 Å². The standard InChI is InChI=1S/C12H8Br3ClS/c1-6-9(14)5-11(17-6)12(16)8-3-2-7(13)4-10(8)15/h2-5,12H,1H3. The third kappa shape index (κ3) is 3.16. The second-order valence-electron chi connectivity index (χ2n) is 3.58. The fraction of sp³-hybridized carbons (Fsp3) is 0.167. The van der Waals surface area contributed by atoms with Gasteiger partial charge in [0.05, 0.1) is 5.38 Å². The summed E-state index contributed by atoms with van der Waals surface area (Å²) < 4.78 is 3.19. The molecule has 0 fully saturated rings. The summed E-state index contributed by atoms with van der Waals surface area (Å²) in [7, 11) is 0. The molecule has 5 heteroatoms. The molecule has 0 aliphatic rings. The van der Waals surface area contributed by atoms with E-state index in [2.05, 4.69) is 60.8 Å². The smallest absolute Gasteiger partial charge is 0.0939 e. The van der Waals surface area contributed by atoms with Crippen molar-refractivity contribution >= 4 is 70.7 Å². The van der Waals surface area contributed by atoms with Gasteiger partial charge < -0.3 is 0 Å². The molecule has 0 N–H and O–H groups in total. The lowest BCUT2D eigenvalue weighted by Gasteiger charge is -2.10. The minimum atomic E-state index is -0.118. The lowest BCUT2D eigenvalue weighted by Crippen LogP contribution is -1.91. The van der Waals surface area contributed by atoms with E-state index in [0.29, 0.717) is 0 Å². The van der Waals surface area contributed by atoms with Gasteiger partial charge in [-0.05, 0) is 46.6 Å². The Labute approximate surface area is 135 Å². The number of thiophene rings is 1. The molecule has 0 saturated carbocycles. The highest BCUT2D eigenvalue weighted by Crippen LogP contribution is 2.40. The minimum absolute atomic E-state index is 0.118. The van der Waals surface area contributed by atoms with Crippen molar-refractivity contribution in [3.63, 3.8) is 0 Å². The Hall–Kier alpha value is 0.650. The van der Waals surface area contributed by atoms with Crippen molar-refractivity contribution in [2.75, 3.05) is 0 Å². The summed E-state index contributed by atoms with van der Waals surface area (Å²) in [4.78, 5) is 2.40. The van der Waals surface area contributed by atoms with Crippen LogP contribution in [0.1, 0.15) is 20.7 Å². The zero-order chi connectivity index (χ0) is 12.6. The SMILES string of the molecule is Cc1sc(C(Cl)c2ccc(Br)cc2Br)cc1Br. The fourth-order valence-corrected chi connectivity index (χ4v) is 4.82. The van der Waals surface area contributed by atoms with Crippen molar-refractivity contribution in [1.29, 1.82) is 0 Å². The maximum atomic E-state index is 6.52. The predicted octanol–water partition coefficient (Wildman–Crippen LogP) is 6.67. The third-order valence-corrected chi connectivity index (χ3v) is 6.34. The number of hydrogen-bond donors (Lipinski definition) is 0. The monoisotopic (exact) mass is 456 g/mol. The zero-order valence-electron chi connectivity index (χ0n) is 8.81. The maximum Gasteiger partial charge on any atom is 0.0939 e. The fourth-order valence-electron chi connectivity index (χ4n) is 1.47. The molecule has 1 atom stereocenters. The summed E-state index contributed by atoms with van der Waals surface area (Å²) in [5.74, 6) is 0. The van der Waals surface area contributed by atoms with Gasteiger partial charge in [-0.1, -0.05) is 37.9 Å². The molecular formula is C12H8Br3ClS. The number of alkyl halides is 1. The second kappa shape index (κ2) is 5.74. The van der Waals surface area contributed by atoms with E-state index in [-0.39, 0.29) is 5.38 Å². The first-order valence-electron chi connectivity index (χ1n) is 4.84. The lowest BCUT2D eigenvalue weighted by atomic mass is 10.1. The van der Waals surface area contributed by atoms with Crippen LogP contribution in [0.15, 0.2) is 37.7 Å². The van der Waals surface area contributed by atoms with Crippen LogP contribution >= 0.6 is 70.7 Å². The van der Waals surface area contributed by atoms with Gasteiger partial charge in [0.1, 0.15) is 0 Å². The molecular weight excluding hydrogens is 451 g/mol. The number of benzene rings is 1. The van der Waals surface area contributed by atoms with Gasteiger partial charge in [0.15, 0.2) is 0 Å². The van der Waals surface area contributed by atoms with Gasteiger partial charge in [-0.25, -0.2) is 0 Å². The first-order chi connectivity index (χ1) is 7.99. The van der Waals surface area contributed by atoms with Crippen LogP contribution in [0.2, 0.25) is 0 Å². The Balaban J connectivity index is 2.39. The van der Waals surface area contributed by atoms with E-state index >= 15 is 0 Å². The number of aryl methyl sites for hydroxylation is 1. The Bertz CT molecular complexity index is 531. The Morgan fingerprint density at radius 2 is 1.82 bits per heavy atom. The average Bonchev–Trinajstić information content (AvgIpc) is 2.58. The summed E-state index contributed by atoms with van der Waals surface area (Å²) >= 11 is 18.7. The van der Waals surface area contributed by atoms with Gasteiger partial charge in [-0.15, -0.1) is 22.9 Å². The largest absolute Gasteiger partial charge is 0.143 e. The predicted molar refractivity (Wildman–Crippen MR) is 86.3 cm³/mol. The van der Waals surface area contributed by atoms with Crippen molar-refractivity contribution in [3.8, 4) is 0 Å². The summed E-state index contributed by atoms with van der Waals surface area (Å²) in [6.07, 6.45) is 0. The van der Waals surface area contributed by atoms with Crippen LogP contribution < -0.4 is 0 Å². The molecule has 0 radical (unpaired) electrons. The molecule has 0 bridgehead atoms. The van der Waals surface area contributed by atoms with E-state index < -0.39 is 0 Å². The van der Waals surface area contributed by atoms with E-state index in [1.165, 1.54) is 4.88 Å². The second-order valence-corrected chi connectivity index (χ2v) is 7.93. The van der Waals surface area contributed by atoms with Crippen LogP contribution in [-0.2, 0) is 0 Å². The van der Waals surface area contributed by atoms with E-state index in [4.69, 9.17) is 11.6 Å². The molecule has 17 heavy (non-hydrogen) atoms. The van der Waals surface area contributed by atoms with Crippen molar-refractivity contribution in [2.45, 2.75) is 12.3 Å². The Morgan fingerprint density at radius 3 is 2.35 bits per heavy atom. The van der Waals surface area contributed by atoms with Crippen LogP contribution in [0, 0.1) is 6.92 Å². The van der Waals surface area contributed by atoms with Crippen molar-refractivity contribution in [1.82, 2.24) is 0 Å². The topological polar surface area (TPSA) is 0 Å². The lowest BCUT2D eigenvalue weighted by molar-refractivity contribution is 1.16. The Kier molecular flexibility index (Phi) is 4.75. The van der Waals surface area contributed by atoms with Crippen LogP contribution in [0.4, 0.5) is 0 Å². The van der Waals surface area contributed by atoms with Crippen LogP contribution in [0.5, 0.6) is 0 Å². The van der Waals surface area contributed by atoms with Gasteiger partial charge in [-0.3, -0.25) is 0 Å². The summed E-state index contributed by atoms with van der Waals surface area (Å²) in [6.45, 7) is 2.08. The normalized spacial score (nSPS) is 12.8. The van der Waals surface area contributed by atoms with Gasteiger partial charge >= 0.3 is 0 Å². The highest BCUT2D eigenvalue weighted by Gasteiger charge is 2.17. The summed E-state index contributed by atoms with van der Waals surface area (Å²) in [5, 5.41) is -0.118. The minimum Gasteiger partial charge on any atom is -0.143 e. The van der Waals surface area contributed by atoms with Gasteiger partial charge in [0.25, 0.3) is 0 Å². The molecule has 1 aromatic carbocycles. The number of rotatable bonds is 2. The average molecular weight is 459 g/mol. The van der Waals surface area contributed by atoms with Crippen LogP contribution in [-0.4, -0.2) is 0 Å². The Morgan fingerprint density at radius 1 is 1.12 bits per heavy atom. The third-order valence-electron chi connectivity index (χ3n) is 2.36. The first kappa shape index (κ1) is 14.1. The highest BCUT2D eigenvalue weighted by atomic mass is 79.9. The molecule has 0 aliphatic carbocycles. The molecule has 1 heterocycles. The molecule has 0 nitrogen and oxygen atoms in total. The maximum absolute atomic E-state index is 6.52. The first-order valence-corrected chi connectivity index (χ1v) is 8.47. The molecule has 0 amide bonds. The van der Waals surface area contributed by atoms with E-state index in [9.17, 15) is 0 Å². The van der Waals surface area contributed by atoms with Crippen molar-refractivity contribution < 1.29 is 0 Å². The van der Waals surface area contributed by atoms with E-state index in [1.54, 1.807) is 11.3 Å². The van der Waals surface area contributed by atoms with Crippen molar-refractivity contribution in [3.05, 3.63) is 53.0 Å². The number of hydrogen-bond acceptors (Lipinski definition) is 1. The molecule has 2 aromatic rings. The molecule has 2 rings (SSSR count). The zero-order valence-corrected chi connectivity index (χ0v) is 15.1. The summed E-state index contributed by atoms with van der Waals surface area (Å²) in [5.41, 5.74) is 1.09. The molecule has 1 aromatic heterocycles. The van der Waals surface area contributed by atoms with Gasteiger partial charge in [0, 0.05) is 23.2 Å². The highest BCUT2D eigenvalue weighted by molar-refractivity contribution is 9.11. The van der Waals surface area contributed by atoms with Gasteiger partial charge in [-0.2, -0.15) is 0 Å². The van der Waals surface area contributed by atoms with E-state index in [1.807, 2.05) is 18.2 Å².